The molecule has 0 radical (unpaired) electrons. The minimum atomic E-state index is -0.710. The number of amides is 2. The van der Waals surface area contributed by atoms with Gasteiger partial charge >= 0.3 is 6.03 Å². The highest BCUT2D eigenvalue weighted by atomic mass is 79.9. The number of carbonyl (C=O) groups excluding carboxylic acids is 1. The monoisotopic (exact) mass is 404 g/mol. The van der Waals surface area contributed by atoms with Crippen LogP contribution in [0.4, 0.5) is 25.0 Å². The molecular weight excluding hydrogens is 398 g/mol. The molecule has 20 heavy (non-hydrogen) atoms. The lowest BCUT2D eigenvalue weighted by Crippen LogP contribution is -2.20. The van der Waals surface area contributed by atoms with Gasteiger partial charge in [0.1, 0.15) is 11.6 Å². The standard InChI is InChI=1S/C13H8Br2F2N2O/c14-9-3-2-8(6-10(9)15)18-13(20)19-12-5-7(16)1-4-11(12)17/h1-6H,(H2,18,19,20). The van der Waals surface area contributed by atoms with Gasteiger partial charge in [0.05, 0.1) is 5.69 Å². The first kappa shape index (κ1) is 14.9. The third kappa shape index (κ3) is 3.77. The Bertz CT molecular complexity index is 665. The second-order valence-corrected chi connectivity index (χ2v) is 5.54. The summed E-state index contributed by atoms with van der Waals surface area (Å²) in [7, 11) is 0. The first-order valence-electron chi connectivity index (χ1n) is 5.44. The van der Waals surface area contributed by atoms with Crippen molar-refractivity contribution in [2.75, 3.05) is 10.6 Å². The van der Waals surface area contributed by atoms with E-state index in [1.165, 1.54) is 0 Å². The van der Waals surface area contributed by atoms with E-state index in [1.807, 2.05) is 0 Å². The number of hydrogen-bond donors (Lipinski definition) is 2. The zero-order valence-corrected chi connectivity index (χ0v) is 13.1. The predicted molar refractivity (Wildman–Crippen MR) is 80.8 cm³/mol. The molecular formula is C13H8Br2F2N2O. The van der Waals surface area contributed by atoms with Crippen molar-refractivity contribution in [3.63, 3.8) is 0 Å². The molecule has 2 N–H and O–H groups in total. The average molecular weight is 406 g/mol. The molecule has 0 aliphatic heterocycles. The van der Waals surface area contributed by atoms with Crippen molar-refractivity contribution in [3.05, 3.63) is 57.0 Å². The molecule has 0 saturated carbocycles. The van der Waals surface area contributed by atoms with Gasteiger partial charge in [-0.3, -0.25) is 0 Å². The Balaban J connectivity index is 2.09. The highest BCUT2D eigenvalue weighted by molar-refractivity contribution is 9.13. The second-order valence-electron chi connectivity index (χ2n) is 3.83. The van der Waals surface area contributed by atoms with Crippen LogP contribution in [0.5, 0.6) is 0 Å². The summed E-state index contributed by atoms with van der Waals surface area (Å²) in [6.45, 7) is 0. The Morgan fingerprint density at radius 2 is 1.70 bits per heavy atom. The van der Waals surface area contributed by atoms with E-state index in [-0.39, 0.29) is 5.69 Å². The molecule has 0 aromatic heterocycles. The maximum absolute atomic E-state index is 13.4. The maximum Gasteiger partial charge on any atom is 0.323 e. The summed E-state index contributed by atoms with van der Waals surface area (Å²) >= 11 is 6.60. The summed E-state index contributed by atoms with van der Waals surface area (Å²) in [6, 6.07) is 7.24. The number of nitrogens with one attached hydrogen (secondary N) is 2. The van der Waals surface area contributed by atoms with Crippen LogP contribution in [0.15, 0.2) is 45.3 Å². The minimum Gasteiger partial charge on any atom is -0.308 e. The molecule has 0 heterocycles. The van der Waals surface area contributed by atoms with Gasteiger partial charge in [-0.15, -0.1) is 0 Å². The van der Waals surface area contributed by atoms with E-state index in [2.05, 4.69) is 42.5 Å². The highest BCUT2D eigenvalue weighted by Gasteiger charge is 2.09. The molecule has 2 rings (SSSR count). The average Bonchev–Trinajstić information content (AvgIpc) is 2.38. The Morgan fingerprint density at radius 1 is 0.950 bits per heavy atom. The number of halogens is 4. The van der Waals surface area contributed by atoms with E-state index in [4.69, 9.17) is 0 Å². The van der Waals surface area contributed by atoms with Crippen molar-refractivity contribution in [1.29, 1.82) is 0 Å². The van der Waals surface area contributed by atoms with E-state index >= 15 is 0 Å². The van der Waals surface area contributed by atoms with Gasteiger partial charge in [-0.1, -0.05) is 0 Å². The quantitative estimate of drug-likeness (QED) is 0.714. The minimum absolute atomic E-state index is 0.223. The van der Waals surface area contributed by atoms with Gasteiger partial charge in [-0.05, 0) is 62.2 Å². The molecule has 2 aromatic carbocycles. The van der Waals surface area contributed by atoms with Crippen molar-refractivity contribution >= 4 is 49.3 Å². The SMILES string of the molecule is O=C(Nc1ccc(Br)c(Br)c1)Nc1cc(F)ccc1F. The fourth-order valence-corrected chi connectivity index (χ4v) is 2.08. The Hall–Kier alpha value is -1.47. The molecule has 0 bridgehead atoms. The number of urea groups is 1. The van der Waals surface area contributed by atoms with Crippen molar-refractivity contribution in [1.82, 2.24) is 0 Å². The summed E-state index contributed by atoms with van der Waals surface area (Å²) < 4.78 is 27.9. The van der Waals surface area contributed by atoms with Gasteiger partial charge in [0, 0.05) is 20.7 Å². The maximum atomic E-state index is 13.4. The largest absolute Gasteiger partial charge is 0.323 e. The third-order valence-corrected chi connectivity index (χ3v) is 4.23. The molecule has 7 heteroatoms. The number of carbonyl (C=O) groups is 1. The van der Waals surface area contributed by atoms with Gasteiger partial charge in [0.15, 0.2) is 0 Å². The second kappa shape index (κ2) is 6.32. The summed E-state index contributed by atoms with van der Waals surface area (Å²) in [5.41, 5.74) is 0.285. The number of rotatable bonds is 2. The van der Waals surface area contributed by atoms with Crippen LogP contribution >= 0.6 is 31.9 Å². The summed E-state index contributed by atoms with van der Waals surface area (Å²) in [5.74, 6) is -1.34. The van der Waals surface area contributed by atoms with Crippen molar-refractivity contribution in [3.8, 4) is 0 Å². The van der Waals surface area contributed by atoms with Crippen molar-refractivity contribution < 1.29 is 13.6 Å². The summed E-state index contributed by atoms with van der Waals surface area (Å²) in [4.78, 5) is 11.7. The third-order valence-electron chi connectivity index (χ3n) is 2.35. The van der Waals surface area contributed by atoms with E-state index in [0.29, 0.717) is 5.69 Å². The Kier molecular flexibility index (Phi) is 4.72. The molecule has 0 unspecified atom stereocenters. The molecule has 2 aromatic rings. The van der Waals surface area contributed by atoms with Gasteiger partial charge in [-0.25, -0.2) is 13.6 Å². The first-order chi connectivity index (χ1) is 9.45. The van der Waals surface area contributed by atoms with Gasteiger partial charge in [-0.2, -0.15) is 0 Å². The first-order valence-corrected chi connectivity index (χ1v) is 7.02. The fourth-order valence-electron chi connectivity index (χ4n) is 1.45. The molecule has 0 aliphatic carbocycles. The predicted octanol–water partition coefficient (Wildman–Crippen LogP) is 5.13. The van der Waals surface area contributed by atoms with E-state index in [9.17, 15) is 13.6 Å². The molecule has 0 aliphatic rings. The van der Waals surface area contributed by atoms with E-state index in [0.717, 1.165) is 27.1 Å². The lowest BCUT2D eigenvalue weighted by molar-refractivity contribution is 0.262. The fraction of sp³-hybridized carbons (Fsp3) is 0. The number of anilines is 2. The highest BCUT2D eigenvalue weighted by Crippen LogP contribution is 2.26. The molecule has 2 amide bonds. The van der Waals surface area contributed by atoms with Crippen LogP contribution in [0, 0.1) is 11.6 Å². The van der Waals surface area contributed by atoms with Gasteiger partial charge < -0.3 is 10.6 Å². The molecule has 3 nitrogen and oxygen atoms in total. The number of hydrogen-bond acceptors (Lipinski definition) is 1. The lowest BCUT2D eigenvalue weighted by atomic mass is 10.3. The lowest BCUT2D eigenvalue weighted by Gasteiger charge is -2.09. The smallest absolute Gasteiger partial charge is 0.308 e. The van der Waals surface area contributed by atoms with Crippen LogP contribution in [0.25, 0.3) is 0 Å². The van der Waals surface area contributed by atoms with Crippen LogP contribution < -0.4 is 10.6 Å². The zero-order chi connectivity index (χ0) is 14.7. The van der Waals surface area contributed by atoms with Crippen LogP contribution in [-0.4, -0.2) is 6.03 Å². The molecule has 0 atom stereocenters. The van der Waals surface area contributed by atoms with Gasteiger partial charge in [0.25, 0.3) is 0 Å². The molecule has 0 spiro atoms. The van der Waals surface area contributed by atoms with Gasteiger partial charge in [0.2, 0.25) is 0 Å². The van der Waals surface area contributed by atoms with Crippen molar-refractivity contribution in [2.24, 2.45) is 0 Å². The Morgan fingerprint density at radius 3 is 2.40 bits per heavy atom. The molecule has 0 saturated heterocycles. The Labute approximate surface area is 130 Å². The summed E-state index contributed by atoms with van der Waals surface area (Å²) in [6.07, 6.45) is 0. The molecule has 104 valence electrons. The summed E-state index contributed by atoms with van der Waals surface area (Å²) in [5, 5.41) is 4.76. The normalized spacial score (nSPS) is 10.2. The molecule has 0 fully saturated rings. The van der Waals surface area contributed by atoms with Crippen LogP contribution in [0.3, 0.4) is 0 Å². The van der Waals surface area contributed by atoms with Crippen LogP contribution in [-0.2, 0) is 0 Å². The van der Waals surface area contributed by atoms with E-state index in [1.54, 1.807) is 18.2 Å². The van der Waals surface area contributed by atoms with Crippen molar-refractivity contribution in [2.45, 2.75) is 0 Å². The van der Waals surface area contributed by atoms with E-state index < -0.39 is 17.7 Å². The number of benzene rings is 2. The zero-order valence-electron chi connectivity index (χ0n) is 9.88. The van der Waals surface area contributed by atoms with Crippen LogP contribution in [0.2, 0.25) is 0 Å². The van der Waals surface area contributed by atoms with Crippen LogP contribution in [0.1, 0.15) is 0 Å². The topological polar surface area (TPSA) is 41.1 Å².